The van der Waals surface area contributed by atoms with E-state index in [0.717, 1.165) is 12.1 Å². The van der Waals surface area contributed by atoms with Gasteiger partial charge < -0.3 is 14.6 Å². The average molecular weight is 362 g/mol. The number of hydrogen-bond acceptors (Lipinski definition) is 5. The number of hydrogen-bond donors (Lipinski definition) is 1. The SMILES string of the molecule is CC=Cc1ccc(OCC(O)CN(C)Cc2sccc2C)c(OC)c1. The Kier molecular flexibility index (Phi) is 7.50. The fraction of sp³-hybridized carbons (Fsp3) is 0.400. The van der Waals surface area contributed by atoms with Gasteiger partial charge in [-0.2, -0.15) is 0 Å². The molecule has 0 radical (unpaired) electrons. The van der Waals surface area contributed by atoms with Crippen LogP contribution in [0.25, 0.3) is 6.08 Å². The molecule has 0 fully saturated rings. The molecule has 0 saturated heterocycles. The van der Waals surface area contributed by atoms with Gasteiger partial charge in [-0.3, -0.25) is 4.90 Å². The Morgan fingerprint density at radius 3 is 2.72 bits per heavy atom. The van der Waals surface area contributed by atoms with E-state index in [1.807, 2.05) is 44.3 Å². The minimum Gasteiger partial charge on any atom is -0.493 e. The topological polar surface area (TPSA) is 41.9 Å². The average Bonchev–Trinajstić information content (AvgIpc) is 2.98. The number of likely N-dealkylation sites (N-methyl/N-ethyl adjacent to an activating group) is 1. The number of allylic oxidation sites excluding steroid dienone is 1. The van der Waals surface area contributed by atoms with Crippen molar-refractivity contribution in [3.05, 3.63) is 51.7 Å². The van der Waals surface area contributed by atoms with E-state index >= 15 is 0 Å². The molecule has 0 aliphatic heterocycles. The van der Waals surface area contributed by atoms with E-state index in [4.69, 9.17) is 9.47 Å². The highest BCUT2D eigenvalue weighted by Crippen LogP contribution is 2.28. The van der Waals surface area contributed by atoms with Gasteiger partial charge in [0.1, 0.15) is 12.7 Å². The van der Waals surface area contributed by atoms with Gasteiger partial charge in [-0.05, 0) is 55.6 Å². The van der Waals surface area contributed by atoms with Gasteiger partial charge in [-0.25, -0.2) is 0 Å². The fourth-order valence-corrected chi connectivity index (χ4v) is 3.56. The molecule has 0 aliphatic rings. The second-order valence-electron chi connectivity index (χ2n) is 6.10. The highest BCUT2D eigenvalue weighted by molar-refractivity contribution is 7.10. The number of benzene rings is 1. The minimum absolute atomic E-state index is 0.229. The Balaban J connectivity index is 1.86. The quantitative estimate of drug-likeness (QED) is 0.734. The maximum atomic E-state index is 10.3. The van der Waals surface area contributed by atoms with Crippen LogP contribution in [0.1, 0.15) is 22.9 Å². The molecular weight excluding hydrogens is 334 g/mol. The van der Waals surface area contributed by atoms with Gasteiger partial charge in [0.05, 0.1) is 7.11 Å². The summed E-state index contributed by atoms with van der Waals surface area (Å²) >= 11 is 1.75. The van der Waals surface area contributed by atoms with Crippen molar-refractivity contribution in [1.29, 1.82) is 0 Å². The van der Waals surface area contributed by atoms with E-state index in [-0.39, 0.29) is 6.61 Å². The second-order valence-corrected chi connectivity index (χ2v) is 7.10. The van der Waals surface area contributed by atoms with Crippen LogP contribution in [-0.4, -0.2) is 43.4 Å². The van der Waals surface area contributed by atoms with E-state index in [9.17, 15) is 5.11 Å². The van der Waals surface area contributed by atoms with Crippen LogP contribution in [0, 0.1) is 6.92 Å². The molecule has 1 atom stereocenters. The summed E-state index contributed by atoms with van der Waals surface area (Å²) in [6.07, 6.45) is 3.41. The Labute approximate surface area is 154 Å². The number of aliphatic hydroxyl groups is 1. The lowest BCUT2D eigenvalue weighted by Crippen LogP contribution is -2.32. The zero-order valence-electron chi connectivity index (χ0n) is 15.4. The third-order valence-corrected chi connectivity index (χ3v) is 4.89. The molecule has 25 heavy (non-hydrogen) atoms. The van der Waals surface area contributed by atoms with Crippen molar-refractivity contribution in [3.8, 4) is 11.5 Å². The molecule has 1 aromatic carbocycles. The van der Waals surface area contributed by atoms with E-state index in [1.165, 1.54) is 10.4 Å². The Bertz CT molecular complexity index is 696. The molecule has 1 unspecified atom stereocenters. The van der Waals surface area contributed by atoms with Crippen LogP contribution in [0.5, 0.6) is 11.5 Å². The third-order valence-electron chi connectivity index (χ3n) is 3.88. The van der Waals surface area contributed by atoms with Gasteiger partial charge in [-0.1, -0.05) is 18.2 Å². The Morgan fingerprint density at radius 1 is 1.28 bits per heavy atom. The number of rotatable bonds is 9. The largest absolute Gasteiger partial charge is 0.493 e. The Hall–Kier alpha value is -1.82. The molecule has 0 bridgehead atoms. The highest BCUT2D eigenvalue weighted by atomic mass is 32.1. The number of aryl methyl sites for hydroxylation is 1. The van der Waals surface area contributed by atoms with Gasteiger partial charge in [0.2, 0.25) is 0 Å². The van der Waals surface area contributed by atoms with Crippen LogP contribution in [0.15, 0.2) is 35.7 Å². The maximum Gasteiger partial charge on any atom is 0.161 e. The summed E-state index contributed by atoms with van der Waals surface area (Å²) in [6.45, 7) is 5.70. The molecule has 2 aromatic rings. The first kappa shape index (κ1) is 19.5. The summed E-state index contributed by atoms with van der Waals surface area (Å²) in [7, 11) is 3.63. The molecule has 136 valence electrons. The molecule has 0 saturated carbocycles. The molecule has 0 spiro atoms. The van der Waals surface area contributed by atoms with Crippen molar-refractivity contribution in [2.45, 2.75) is 26.5 Å². The van der Waals surface area contributed by atoms with Crippen molar-refractivity contribution in [3.63, 3.8) is 0 Å². The maximum absolute atomic E-state index is 10.3. The lowest BCUT2D eigenvalue weighted by Gasteiger charge is -2.21. The molecule has 0 aliphatic carbocycles. The Morgan fingerprint density at radius 2 is 2.08 bits per heavy atom. The van der Waals surface area contributed by atoms with Gasteiger partial charge in [0, 0.05) is 18.0 Å². The van der Waals surface area contributed by atoms with E-state index in [2.05, 4.69) is 23.3 Å². The number of aliphatic hydroxyl groups excluding tert-OH is 1. The number of ether oxygens (including phenoxy) is 2. The summed E-state index contributed by atoms with van der Waals surface area (Å²) < 4.78 is 11.1. The summed E-state index contributed by atoms with van der Waals surface area (Å²) in [5.74, 6) is 1.32. The summed E-state index contributed by atoms with van der Waals surface area (Å²) in [4.78, 5) is 3.44. The minimum atomic E-state index is -0.565. The normalized spacial score (nSPS) is 12.7. The van der Waals surface area contributed by atoms with Crippen LogP contribution < -0.4 is 9.47 Å². The summed E-state index contributed by atoms with van der Waals surface area (Å²) in [5.41, 5.74) is 2.35. The van der Waals surface area contributed by atoms with Gasteiger partial charge in [0.15, 0.2) is 11.5 Å². The molecule has 0 amide bonds. The molecule has 5 heteroatoms. The van der Waals surface area contributed by atoms with Crippen LogP contribution in [-0.2, 0) is 6.54 Å². The predicted octanol–water partition coefficient (Wildman–Crippen LogP) is 3.97. The van der Waals surface area contributed by atoms with E-state index in [0.29, 0.717) is 18.0 Å². The first-order chi connectivity index (χ1) is 12.0. The van der Waals surface area contributed by atoms with Crippen molar-refractivity contribution >= 4 is 17.4 Å². The van der Waals surface area contributed by atoms with Gasteiger partial charge in [0.25, 0.3) is 0 Å². The molecular formula is C20H27NO3S. The zero-order chi connectivity index (χ0) is 18.2. The molecule has 1 heterocycles. The monoisotopic (exact) mass is 361 g/mol. The van der Waals surface area contributed by atoms with Crippen molar-refractivity contribution in [1.82, 2.24) is 4.90 Å². The highest BCUT2D eigenvalue weighted by Gasteiger charge is 2.13. The standard InChI is InChI=1S/C20H27NO3S/c1-5-6-16-7-8-18(19(11-16)23-4)24-14-17(22)12-21(3)13-20-15(2)9-10-25-20/h5-11,17,22H,12-14H2,1-4H3. The van der Waals surface area contributed by atoms with E-state index in [1.54, 1.807) is 18.4 Å². The fourth-order valence-electron chi connectivity index (χ4n) is 2.57. The first-order valence-electron chi connectivity index (χ1n) is 8.36. The summed E-state index contributed by atoms with van der Waals surface area (Å²) in [6, 6.07) is 7.89. The van der Waals surface area contributed by atoms with Crippen LogP contribution in [0.4, 0.5) is 0 Å². The number of nitrogens with zero attached hydrogens (tertiary/aromatic N) is 1. The van der Waals surface area contributed by atoms with E-state index < -0.39 is 6.10 Å². The predicted molar refractivity (Wildman–Crippen MR) is 105 cm³/mol. The zero-order valence-corrected chi connectivity index (χ0v) is 16.2. The molecule has 2 rings (SSSR count). The van der Waals surface area contributed by atoms with Crippen LogP contribution in [0.2, 0.25) is 0 Å². The summed E-state index contributed by atoms with van der Waals surface area (Å²) in [5, 5.41) is 12.4. The van der Waals surface area contributed by atoms with Crippen LogP contribution in [0.3, 0.4) is 0 Å². The second kappa shape index (κ2) is 9.61. The van der Waals surface area contributed by atoms with Crippen LogP contribution >= 0.6 is 11.3 Å². The van der Waals surface area contributed by atoms with Gasteiger partial charge in [-0.15, -0.1) is 11.3 Å². The molecule has 1 aromatic heterocycles. The van der Waals surface area contributed by atoms with Crippen molar-refractivity contribution in [2.24, 2.45) is 0 Å². The molecule has 4 nitrogen and oxygen atoms in total. The molecule has 1 N–H and O–H groups in total. The lowest BCUT2D eigenvalue weighted by molar-refractivity contribution is 0.0735. The van der Waals surface area contributed by atoms with Crippen molar-refractivity contribution < 1.29 is 14.6 Å². The first-order valence-corrected chi connectivity index (χ1v) is 9.24. The number of methoxy groups -OCH3 is 1. The third kappa shape index (κ3) is 5.88. The number of thiophene rings is 1. The lowest BCUT2D eigenvalue weighted by atomic mass is 10.2. The smallest absolute Gasteiger partial charge is 0.161 e. The van der Waals surface area contributed by atoms with Gasteiger partial charge >= 0.3 is 0 Å². The van der Waals surface area contributed by atoms with Crippen molar-refractivity contribution in [2.75, 3.05) is 27.3 Å².